The normalized spacial score (nSPS) is 13.4. The maximum absolute atomic E-state index is 13.8. The van der Waals surface area contributed by atoms with Gasteiger partial charge in [-0.25, -0.2) is 4.39 Å². The molecule has 0 aliphatic carbocycles. The number of nitrogens with one attached hydrogen (secondary N) is 1. The quantitative estimate of drug-likeness (QED) is 0.762. The first kappa shape index (κ1) is 20.6. The van der Waals surface area contributed by atoms with E-state index in [-0.39, 0.29) is 35.9 Å². The smallest absolute Gasteiger partial charge is 0.259 e. The summed E-state index contributed by atoms with van der Waals surface area (Å²) in [4.78, 5) is 28.5. The topological polar surface area (TPSA) is 87.9 Å². The lowest BCUT2D eigenvalue weighted by Crippen LogP contribution is -2.33. The second-order valence-corrected chi connectivity index (χ2v) is 7.05. The minimum atomic E-state index is -0.518. The fourth-order valence-electron chi connectivity index (χ4n) is 3.29. The van der Waals surface area contributed by atoms with Gasteiger partial charge in [0.15, 0.2) is 23.1 Å². The van der Waals surface area contributed by atoms with E-state index in [1.54, 1.807) is 19.0 Å². The number of anilines is 1. The number of methoxy groups -OCH3 is 1. The molecule has 1 aromatic carbocycles. The first-order chi connectivity index (χ1) is 13.9. The minimum absolute atomic E-state index is 0.0319. The van der Waals surface area contributed by atoms with Crippen molar-refractivity contribution in [2.45, 2.75) is 19.3 Å². The number of hydrogen-bond acceptors (Lipinski definition) is 6. The highest BCUT2D eigenvalue weighted by molar-refractivity contribution is 6.04. The Labute approximate surface area is 168 Å². The molecule has 3 rings (SSSR count). The highest BCUT2D eigenvalue weighted by Crippen LogP contribution is 2.33. The first-order valence-electron chi connectivity index (χ1n) is 9.49. The Bertz CT molecular complexity index is 891. The standard InChI is InChI=1S/C20H25FN4O4/c1-24(2)19-17(20(27)22-9-8-16(26)25-10-4-5-11-25)18(29-23-19)13-6-7-14(21)15(12-13)28-3/h6-7,12H,4-5,8-11H2,1-3H3,(H,22,27). The summed E-state index contributed by atoms with van der Waals surface area (Å²) < 4.78 is 24.2. The molecule has 0 saturated carbocycles. The van der Waals surface area contributed by atoms with Crippen LogP contribution in [0.1, 0.15) is 29.6 Å². The molecule has 2 amide bonds. The van der Waals surface area contributed by atoms with E-state index in [4.69, 9.17) is 9.26 Å². The lowest BCUT2D eigenvalue weighted by Gasteiger charge is -2.15. The number of benzene rings is 1. The molecular weight excluding hydrogens is 379 g/mol. The predicted molar refractivity (Wildman–Crippen MR) is 106 cm³/mol. The van der Waals surface area contributed by atoms with Gasteiger partial charge in [-0.15, -0.1) is 0 Å². The van der Waals surface area contributed by atoms with Crippen LogP contribution >= 0.6 is 0 Å². The summed E-state index contributed by atoms with van der Waals surface area (Å²) in [5.41, 5.74) is 0.680. The van der Waals surface area contributed by atoms with Gasteiger partial charge >= 0.3 is 0 Å². The molecule has 0 radical (unpaired) electrons. The van der Waals surface area contributed by atoms with Gasteiger partial charge in [0.05, 0.1) is 7.11 Å². The monoisotopic (exact) mass is 404 g/mol. The van der Waals surface area contributed by atoms with E-state index in [0.717, 1.165) is 25.9 Å². The lowest BCUT2D eigenvalue weighted by atomic mass is 10.1. The van der Waals surface area contributed by atoms with E-state index < -0.39 is 11.7 Å². The van der Waals surface area contributed by atoms with Crippen LogP contribution in [0, 0.1) is 5.82 Å². The molecule has 156 valence electrons. The van der Waals surface area contributed by atoms with Gasteiger partial charge in [0.1, 0.15) is 5.56 Å². The third-order valence-corrected chi connectivity index (χ3v) is 4.82. The molecule has 0 atom stereocenters. The van der Waals surface area contributed by atoms with Gasteiger partial charge in [-0.1, -0.05) is 5.16 Å². The highest BCUT2D eigenvalue weighted by atomic mass is 19.1. The van der Waals surface area contributed by atoms with E-state index >= 15 is 0 Å². The van der Waals surface area contributed by atoms with Gasteiger partial charge in [-0.3, -0.25) is 9.59 Å². The molecule has 0 spiro atoms. The fraction of sp³-hybridized carbons (Fsp3) is 0.450. The molecule has 2 aromatic rings. The maximum atomic E-state index is 13.8. The molecular formula is C20H25FN4O4. The Morgan fingerprint density at radius 1 is 1.31 bits per heavy atom. The molecule has 0 bridgehead atoms. The van der Waals surface area contributed by atoms with Crippen molar-refractivity contribution in [1.82, 2.24) is 15.4 Å². The fourth-order valence-corrected chi connectivity index (χ4v) is 3.29. The van der Waals surface area contributed by atoms with Gasteiger partial charge in [-0.05, 0) is 31.0 Å². The number of halogens is 1. The number of hydrogen-bond donors (Lipinski definition) is 1. The largest absolute Gasteiger partial charge is 0.494 e. The Morgan fingerprint density at radius 2 is 2.03 bits per heavy atom. The van der Waals surface area contributed by atoms with Crippen LogP contribution < -0.4 is 15.0 Å². The molecule has 1 aliphatic heterocycles. The zero-order valence-corrected chi connectivity index (χ0v) is 16.8. The zero-order chi connectivity index (χ0) is 21.0. The second kappa shape index (κ2) is 8.93. The summed E-state index contributed by atoms with van der Waals surface area (Å²) in [5, 5.41) is 6.74. The Morgan fingerprint density at radius 3 is 2.69 bits per heavy atom. The van der Waals surface area contributed by atoms with Crippen LogP contribution in [0.3, 0.4) is 0 Å². The van der Waals surface area contributed by atoms with Crippen molar-refractivity contribution < 1.29 is 23.2 Å². The molecule has 2 heterocycles. The average Bonchev–Trinajstić information content (AvgIpc) is 3.38. The van der Waals surface area contributed by atoms with Gasteiger partial charge in [-0.2, -0.15) is 0 Å². The maximum Gasteiger partial charge on any atom is 0.259 e. The number of likely N-dealkylation sites (tertiary alicyclic amines) is 1. The van der Waals surface area contributed by atoms with Crippen LogP contribution in [0.15, 0.2) is 22.7 Å². The van der Waals surface area contributed by atoms with Crippen LogP contribution in [0.4, 0.5) is 10.2 Å². The molecule has 1 aliphatic rings. The zero-order valence-electron chi connectivity index (χ0n) is 16.8. The van der Waals surface area contributed by atoms with Crippen molar-refractivity contribution in [3.8, 4) is 17.1 Å². The molecule has 29 heavy (non-hydrogen) atoms. The van der Waals surface area contributed by atoms with E-state index in [1.807, 2.05) is 4.90 Å². The SMILES string of the molecule is COc1cc(-c2onc(N(C)C)c2C(=O)NCCC(=O)N2CCCC2)ccc1F. The Hall–Kier alpha value is -3.10. The molecule has 1 saturated heterocycles. The van der Waals surface area contributed by atoms with Crippen LogP contribution in [0.25, 0.3) is 11.3 Å². The van der Waals surface area contributed by atoms with Crippen molar-refractivity contribution in [3.63, 3.8) is 0 Å². The summed E-state index contributed by atoms with van der Waals surface area (Å²) in [6.45, 7) is 1.76. The van der Waals surface area contributed by atoms with Crippen LogP contribution in [0.5, 0.6) is 5.75 Å². The number of amides is 2. The summed E-state index contributed by atoms with van der Waals surface area (Å²) >= 11 is 0. The molecule has 1 aromatic heterocycles. The Kier molecular flexibility index (Phi) is 6.36. The van der Waals surface area contributed by atoms with Crippen LogP contribution in [0.2, 0.25) is 0 Å². The number of ether oxygens (including phenoxy) is 1. The van der Waals surface area contributed by atoms with Crippen LogP contribution in [-0.2, 0) is 4.79 Å². The molecule has 1 N–H and O–H groups in total. The van der Waals surface area contributed by atoms with Crippen molar-refractivity contribution >= 4 is 17.6 Å². The van der Waals surface area contributed by atoms with Gasteiger partial charge < -0.3 is 24.4 Å². The molecule has 0 unspecified atom stereocenters. The van der Waals surface area contributed by atoms with E-state index in [0.29, 0.717) is 11.4 Å². The van der Waals surface area contributed by atoms with E-state index in [1.165, 1.54) is 25.3 Å². The van der Waals surface area contributed by atoms with E-state index in [2.05, 4.69) is 10.5 Å². The summed E-state index contributed by atoms with van der Waals surface area (Å²) in [6, 6.07) is 4.18. The number of rotatable bonds is 7. The lowest BCUT2D eigenvalue weighted by molar-refractivity contribution is -0.129. The van der Waals surface area contributed by atoms with E-state index in [9.17, 15) is 14.0 Å². The van der Waals surface area contributed by atoms with Gasteiger partial charge in [0.25, 0.3) is 5.91 Å². The number of nitrogens with zero attached hydrogens (tertiary/aromatic N) is 3. The van der Waals surface area contributed by atoms with Gasteiger partial charge in [0.2, 0.25) is 5.91 Å². The van der Waals surface area contributed by atoms with Crippen molar-refractivity contribution in [1.29, 1.82) is 0 Å². The second-order valence-electron chi connectivity index (χ2n) is 7.05. The highest BCUT2D eigenvalue weighted by Gasteiger charge is 2.26. The number of aromatic nitrogens is 1. The van der Waals surface area contributed by atoms with Crippen molar-refractivity contribution in [2.75, 3.05) is 45.7 Å². The summed E-state index contributed by atoms with van der Waals surface area (Å²) in [6.07, 6.45) is 2.28. The third-order valence-electron chi connectivity index (χ3n) is 4.82. The van der Waals surface area contributed by atoms with Crippen molar-refractivity contribution in [2.24, 2.45) is 0 Å². The first-order valence-corrected chi connectivity index (χ1v) is 9.49. The number of carbonyl (C=O) groups is 2. The summed E-state index contributed by atoms with van der Waals surface area (Å²) in [7, 11) is 4.83. The number of carbonyl (C=O) groups excluding carboxylic acids is 2. The predicted octanol–water partition coefficient (Wildman–Crippen LogP) is 2.30. The third kappa shape index (κ3) is 4.49. The molecule has 8 nitrogen and oxygen atoms in total. The minimum Gasteiger partial charge on any atom is -0.494 e. The molecule has 1 fully saturated rings. The summed E-state index contributed by atoms with van der Waals surface area (Å²) in [5.74, 6) is -0.322. The Balaban J connectivity index is 1.78. The average molecular weight is 404 g/mol. The van der Waals surface area contributed by atoms with Gasteiger partial charge in [0, 0.05) is 45.7 Å². The van der Waals surface area contributed by atoms with Crippen molar-refractivity contribution in [3.05, 3.63) is 29.6 Å². The molecule has 9 heteroatoms. The van der Waals surface area contributed by atoms with Crippen LogP contribution in [-0.4, -0.2) is 62.7 Å².